The number of anilines is 1. The second-order valence-electron chi connectivity index (χ2n) is 4.80. The highest BCUT2D eigenvalue weighted by Crippen LogP contribution is 2.19. The van der Waals surface area contributed by atoms with Gasteiger partial charge in [0.15, 0.2) is 0 Å². The van der Waals surface area contributed by atoms with Crippen LogP contribution in [0.1, 0.15) is 18.1 Å². The van der Waals surface area contributed by atoms with Crippen LogP contribution in [0, 0.1) is 6.92 Å². The minimum Gasteiger partial charge on any atom is -0.325 e. The Labute approximate surface area is 124 Å². The molecule has 0 spiro atoms. The average molecular weight is 285 g/mol. The smallest absolute Gasteiger partial charge is 0.237 e. The zero-order valence-electron chi connectivity index (χ0n) is 11.8. The first kappa shape index (κ1) is 14.7. The van der Waals surface area contributed by atoms with E-state index < -0.39 is 0 Å². The highest BCUT2D eigenvalue weighted by molar-refractivity contribution is 7.99. The molecule has 1 amide bonds. The molecule has 1 atom stereocenters. The summed E-state index contributed by atoms with van der Waals surface area (Å²) in [7, 11) is 0. The fraction of sp³-hybridized carbons (Fsp3) is 0.235. The third-order valence-corrected chi connectivity index (χ3v) is 4.21. The summed E-state index contributed by atoms with van der Waals surface area (Å²) in [6.07, 6.45) is 0. The van der Waals surface area contributed by atoms with Gasteiger partial charge in [-0.25, -0.2) is 0 Å². The van der Waals surface area contributed by atoms with Crippen LogP contribution >= 0.6 is 11.8 Å². The van der Waals surface area contributed by atoms with Crippen molar-refractivity contribution in [3.8, 4) is 0 Å². The lowest BCUT2D eigenvalue weighted by Gasteiger charge is -2.12. The van der Waals surface area contributed by atoms with Crippen LogP contribution in [0.4, 0.5) is 5.69 Å². The Kier molecular flexibility index (Phi) is 5.24. The second-order valence-corrected chi connectivity index (χ2v) is 6.13. The molecule has 0 aliphatic carbocycles. The predicted octanol–water partition coefficient (Wildman–Crippen LogP) is 4.26. The summed E-state index contributed by atoms with van der Waals surface area (Å²) in [6, 6.07) is 18.1. The molecule has 2 aromatic carbocycles. The third kappa shape index (κ3) is 4.42. The lowest BCUT2D eigenvalue weighted by Crippen LogP contribution is -2.22. The van der Waals surface area contributed by atoms with E-state index >= 15 is 0 Å². The zero-order valence-corrected chi connectivity index (χ0v) is 12.6. The Morgan fingerprint density at radius 1 is 1.15 bits per heavy atom. The summed E-state index contributed by atoms with van der Waals surface area (Å²) in [5.74, 6) is 0.903. The molecule has 0 radical (unpaired) electrons. The summed E-state index contributed by atoms with van der Waals surface area (Å²) in [6.45, 7) is 3.96. The van der Waals surface area contributed by atoms with Gasteiger partial charge in [0, 0.05) is 11.4 Å². The van der Waals surface area contributed by atoms with Gasteiger partial charge in [-0.15, -0.1) is 11.8 Å². The molecule has 0 saturated carbocycles. The van der Waals surface area contributed by atoms with Crippen molar-refractivity contribution in [3.63, 3.8) is 0 Å². The Hall–Kier alpha value is -1.74. The van der Waals surface area contributed by atoms with Crippen molar-refractivity contribution in [3.05, 3.63) is 65.7 Å². The summed E-state index contributed by atoms with van der Waals surface area (Å²) < 4.78 is 0. The number of rotatable bonds is 5. The summed E-state index contributed by atoms with van der Waals surface area (Å²) in [5, 5.41) is 2.89. The van der Waals surface area contributed by atoms with Crippen molar-refractivity contribution in [2.75, 3.05) is 5.32 Å². The van der Waals surface area contributed by atoms with Crippen molar-refractivity contribution in [1.82, 2.24) is 0 Å². The Bertz CT molecular complexity index is 568. The first-order valence-corrected chi connectivity index (χ1v) is 7.73. The molecule has 3 heteroatoms. The van der Waals surface area contributed by atoms with E-state index in [1.54, 1.807) is 11.8 Å². The number of carbonyl (C=O) groups is 1. The fourth-order valence-electron chi connectivity index (χ4n) is 1.84. The van der Waals surface area contributed by atoms with Crippen molar-refractivity contribution in [2.45, 2.75) is 24.9 Å². The molecular formula is C17H19NOS. The van der Waals surface area contributed by atoms with Gasteiger partial charge in [0.05, 0.1) is 5.25 Å². The van der Waals surface area contributed by atoms with E-state index in [0.29, 0.717) is 0 Å². The van der Waals surface area contributed by atoms with Gasteiger partial charge >= 0.3 is 0 Å². The summed E-state index contributed by atoms with van der Waals surface area (Å²) in [4.78, 5) is 12.1. The lowest BCUT2D eigenvalue weighted by molar-refractivity contribution is -0.115. The highest BCUT2D eigenvalue weighted by Gasteiger charge is 2.13. The normalized spacial score (nSPS) is 11.9. The van der Waals surface area contributed by atoms with Crippen LogP contribution in [0.5, 0.6) is 0 Å². The molecule has 0 heterocycles. The minimum atomic E-state index is -0.0734. The number of carbonyl (C=O) groups excluding carboxylic acids is 1. The highest BCUT2D eigenvalue weighted by atomic mass is 32.2. The molecule has 0 fully saturated rings. The van der Waals surface area contributed by atoms with Crippen molar-refractivity contribution >= 4 is 23.4 Å². The van der Waals surface area contributed by atoms with Gasteiger partial charge in [0.25, 0.3) is 0 Å². The van der Waals surface area contributed by atoms with Crippen LogP contribution in [-0.4, -0.2) is 11.2 Å². The van der Waals surface area contributed by atoms with Crippen LogP contribution in [0.2, 0.25) is 0 Å². The molecule has 2 nitrogen and oxygen atoms in total. The fourth-order valence-corrected chi connectivity index (χ4v) is 2.68. The van der Waals surface area contributed by atoms with Crippen LogP contribution < -0.4 is 5.32 Å². The number of aryl methyl sites for hydroxylation is 1. The van der Waals surface area contributed by atoms with Gasteiger partial charge in [-0.05, 0) is 37.1 Å². The molecule has 0 saturated heterocycles. The summed E-state index contributed by atoms with van der Waals surface area (Å²) >= 11 is 1.65. The number of hydrogen-bond donors (Lipinski definition) is 1. The number of hydrogen-bond acceptors (Lipinski definition) is 2. The molecule has 0 aliphatic heterocycles. The van der Waals surface area contributed by atoms with Gasteiger partial charge in [-0.1, -0.05) is 42.5 Å². The monoisotopic (exact) mass is 285 g/mol. The third-order valence-electron chi connectivity index (χ3n) is 3.00. The molecule has 0 aromatic heterocycles. The topological polar surface area (TPSA) is 29.1 Å². The largest absolute Gasteiger partial charge is 0.325 e. The van der Waals surface area contributed by atoms with E-state index in [4.69, 9.17) is 0 Å². The molecule has 0 aliphatic rings. The van der Waals surface area contributed by atoms with Crippen LogP contribution in [0.15, 0.2) is 54.6 Å². The van der Waals surface area contributed by atoms with Crippen molar-refractivity contribution in [1.29, 1.82) is 0 Å². The maximum atomic E-state index is 12.1. The van der Waals surface area contributed by atoms with E-state index in [1.165, 1.54) is 5.56 Å². The average Bonchev–Trinajstić information content (AvgIpc) is 2.46. The van der Waals surface area contributed by atoms with E-state index in [0.717, 1.165) is 17.0 Å². The Balaban J connectivity index is 1.86. The maximum absolute atomic E-state index is 12.1. The first-order valence-electron chi connectivity index (χ1n) is 6.68. The number of thioether (sulfide) groups is 1. The van der Waals surface area contributed by atoms with Gasteiger partial charge in [-0.2, -0.15) is 0 Å². The summed E-state index contributed by atoms with van der Waals surface area (Å²) in [5.41, 5.74) is 3.25. The first-order chi connectivity index (χ1) is 9.65. The van der Waals surface area contributed by atoms with Gasteiger partial charge in [-0.3, -0.25) is 4.79 Å². The van der Waals surface area contributed by atoms with Crippen molar-refractivity contribution < 1.29 is 4.79 Å². The molecule has 20 heavy (non-hydrogen) atoms. The molecule has 0 unspecified atom stereocenters. The maximum Gasteiger partial charge on any atom is 0.237 e. The van der Waals surface area contributed by atoms with Gasteiger partial charge in [0.2, 0.25) is 5.91 Å². The van der Waals surface area contributed by atoms with E-state index in [2.05, 4.69) is 17.4 Å². The quantitative estimate of drug-likeness (QED) is 0.889. The Morgan fingerprint density at radius 3 is 2.60 bits per heavy atom. The van der Waals surface area contributed by atoms with E-state index in [9.17, 15) is 4.79 Å². The van der Waals surface area contributed by atoms with Gasteiger partial charge in [0.1, 0.15) is 0 Å². The second kappa shape index (κ2) is 7.15. The zero-order chi connectivity index (χ0) is 14.4. The number of nitrogens with one attached hydrogen (secondary N) is 1. The minimum absolute atomic E-state index is 0.0523. The molecule has 104 valence electrons. The Morgan fingerprint density at radius 2 is 1.90 bits per heavy atom. The lowest BCUT2D eigenvalue weighted by atomic mass is 10.2. The van der Waals surface area contributed by atoms with E-state index in [1.807, 2.05) is 56.3 Å². The van der Waals surface area contributed by atoms with Gasteiger partial charge < -0.3 is 5.32 Å². The van der Waals surface area contributed by atoms with Crippen molar-refractivity contribution in [2.24, 2.45) is 0 Å². The molecule has 2 aromatic rings. The number of amides is 1. The molecular weight excluding hydrogens is 266 g/mol. The SMILES string of the molecule is Cc1cccc(NC(=O)[C@@H](C)SCc2ccccc2)c1. The van der Waals surface area contributed by atoms with E-state index in [-0.39, 0.29) is 11.2 Å². The number of benzene rings is 2. The van der Waals surface area contributed by atoms with Crippen LogP contribution in [0.25, 0.3) is 0 Å². The van der Waals surface area contributed by atoms with Crippen LogP contribution in [-0.2, 0) is 10.5 Å². The standard InChI is InChI=1S/C17H19NOS/c1-13-7-6-10-16(11-13)18-17(19)14(2)20-12-15-8-4-3-5-9-15/h3-11,14H,12H2,1-2H3,(H,18,19)/t14-/m1/s1. The predicted molar refractivity (Wildman–Crippen MR) is 87.0 cm³/mol. The molecule has 1 N–H and O–H groups in total. The van der Waals surface area contributed by atoms with Crippen LogP contribution in [0.3, 0.4) is 0 Å². The molecule has 0 bridgehead atoms. The molecule has 2 rings (SSSR count).